The van der Waals surface area contributed by atoms with Gasteiger partial charge in [0.15, 0.2) is 0 Å². The van der Waals surface area contributed by atoms with E-state index in [1.807, 2.05) is 11.7 Å². The Kier molecular flexibility index (Phi) is 4.26. The minimum absolute atomic E-state index is 0.576. The van der Waals surface area contributed by atoms with Gasteiger partial charge in [-0.2, -0.15) is 10.4 Å². The predicted molar refractivity (Wildman–Crippen MR) is 71.3 cm³/mol. The highest BCUT2D eigenvalue weighted by Crippen LogP contribution is 2.30. The average Bonchev–Trinajstić information content (AvgIpc) is 3.15. The van der Waals surface area contributed by atoms with Gasteiger partial charge in [-0.1, -0.05) is 18.5 Å². The van der Waals surface area contributed by atoms with Crippen LogP contribution in [0.15, 0.2) is 0 Å². The Morgan fingerprint density at radius 3 is 2.78 bits per heavy atom. The molecule has 0 N–H and O–H groups in total. The third-order valence-electron chi connectivity index (χ3n) is 3.43. The molecule has 5 heteroatoms. The summed E-state index contributed by atoms with van der Waals surface area (Å²) in [5.74, 6) is 0. The monoisotopic (exact) mass is 266 g/mol. The number of nitrogens with zero attached hydrogens (tertiary/aromatic N) is 4. The Bertz CT molecular complexity index is 456. The van der Waals surface area contributed by atoms with Gasteiger partial charge in [-0.15, -0.1) is 0 Å². The van der Waals surface area contributed by atoms with Gasteiger partial charge < -0.3 is 0 Å². The van der Waals surface area contributed by atoms with Crippen LogP contribution in [0.4, 0.5) is 0 Å². The first-order valence-electron chi connectivity index (χ1n) is 6.48. The van der Waals surface area contributed by atoms with Crippen molar-refractivity contribution >= 4 is 11.6 Å². The van der Waals surface area contributed by atoms with Gasteiger partial charge >= 0.3 is 0 Å². The average molecular weight is 267 g/mol. The summed E-state index contributed by atoms with van der Waals surface area (Å²) < 4.78 is 1.88. The summed E-state index contributed by atoms with van der Waals surface area (Å²) in [5.41, 5.74) is 2.03. The van der Waals surface area contributed by atoms with Crippen LogP contribution in [0.25, 0.3) is 0 Å². The molecular weight excluding hydrogens is 248 g/mol. The van der Waals surface area contributed by atoms with Gasteiger partial charge in [0, 0.05) is 32.6 Å². The molecule has 98 valence electrons. The highest BCUT2D eigenvalue weighted by atomic mass is 35.5. The molecule has 0 saturated heterocycles. The minimum Gasteiger partial charge on any atom is -0.294 e. The van der Waals surface area contributed by atoms with Crippen LogP contribution in [0.1, 0.15) is 37.6 Å². The smallest absolute Gasteiger partial charge is 0.0863 e. The topological polar surface area (TPSA) is 44.9 Å². The van der Waals surface area contributed by atoms with E-state index < -0.39 is 0 Å². The molecule has 0 amide bonds. The van der Waals surface area contributed by atoms with Crippen molar-refractivity contribution in [3.05, 3.63) is 16.4 Å². The first kappa shape index (κ1) is 13.4. The van der Waals surface area contributed by atoms with Crippen molar-refractivity contribution in [3.63, 3.8) is 0 Å². The van der Waals surface area contributed by atoms with Gasteiger partial charge in [-0.3, -0.25) is 9.58 Å². The molecule has 4 nitrogen and oxygen atoms in total. The summed E-state index contributed by atoms with van der Waals surface area (Å²) in [6, 6.07) is 2.85. The first-order chi connectivity index (χ1) is 8.67. The zero-order valence-electron chi connectivity index (χ0n) is 11.0. The standard InChI is InChI=1S/C13H19ClN4/c1-3-11-13(14)12(17(2)16-11)9-18(8-4-7-15)10-5-6-10/h10H,3-6,8-9H2,1-2H3. The molecule has 1 fully saturated rings. The number of nitriles is 1. The van der Waals surface area contributed by atoms with Crippen molar-refractivity contribution < 1.29 is 0 Å². The van der Waals surface area contributed by atoms with Crippen LogP contribution in [0.5, 0.6) is 0 Å². The second kappa shape index (κ2) is 5.73. The van der Waals surface area contributed by atoms with Gasteiger partial charge in [-0.05, 0) is 19.3 Å². The largest absolute Gasteiger partial charge is 0.294 e. The van der Waals surface area contributed by atoms with Crippen molar-refractivity contribution in [3.8, 4) is 6.07 Å². The Labute approximate surface area is 113 Å². The fourth-order valence-corrected chi connectivity index (χ4v) is 2.56. The Morgan fingerprint density at radius 2 is 2.28 bits per heavy atom. The van der Waals surface area contributed by atoms with Gasteiger partial charge in [0.25, 0.3) is 0 Å². The molecule has 1 aliphatic rings. The number of rotatable bonds is 6. The quantitative estimate of drug-likeness (QED) is 0.795. The van der Waals surface area contributed by atoms with Crippen molar-refractivity contribution in [2.24, 2.45) is 7.05 Å². The molecule has 1 heterocycles. The van der Waals surface area contributed by atoms with E-state index in [0.29, 0.717) is 12.5 Å². The van der Waals surface area contributed by atoms with E-state index in [0.717, 1.165) is 35.9 Å². The fraction of sp³-hybridized carbons (Fsp3) is 0.692. The molecule has 0 spiro atoms. The SMILES string of the molecule is CCc1nn(C)c(CN(CCC#N)C2CC2)c1Cl. The Morgan fingerprint density at radius 1 is 1.56 bits per heavy atom. The van der Waals surface area contributed by atoms with Crippen LogP contribution >= 0.6 is 11.6 Å². The van der Waals surface area contributed by atoms with E-state index in [4.69, 9.17) is 16.9 Å². The van der Waals surface area contributed by atoms with Crippen LogP contribution in [-0.4, -0.2) is 27.3 Å². The van der Waals surface area contributed by atoms with E-state index in [1.54, 1.807) is 0 Å². The van der Waals surface area contributed by atoms with Crippen LogP contribution in [-0.2, 0) is 20.0 Å². The Hall–Kier alpha value is -1.05. The van der Waals surface area contributed by atoms with Gasteiger partial charge in [0.2, 0.25) is 0 Å². The summed E-state index contributed by atoms with van der Waals surface area (Å²) in [5, 5.41) is 13.9. The Balaban J connectivity index is 2.11. The molecule has 2 rings (SSSR count). The van der Waals surface area contributed by atoms with Gasteiger partial charge in [-0.25, -0.2) is 0 Å². The molecule has 18 heavy (non-hydrogen) atoms. The van der Waals surface area contributed by atoms with Crippen molar-refractivity contribution in [2.45, 2.75) is 45.2 Å². The molecular formula is C13H19ClN4. The fourth-order valence-electron chi connectivity index (χ4n) is 2.21. The third-order valence-corrected chi connectivity index (χ3v) is 3.87. The number of hydrogen-bond donors (Lipinski definition) is 0. The van der Waals surface area contributed by atoms with Crippen molar-refractivity contribution in [1.29, 1.82) is 5.26 Å². The number of hydrogen-bond acceptors (Lipinski definition) is 3. The van der Waals surface area contributed by atoms with Gasteiger partial charge in [0.1, 0.15) is 0 Å². The second-order valence-corrected chi connectivity index (χ2v) is 5.17. The van der Waals surface area contributed by atoms with E-state index in [2.05, 4.69) is 23.0 Å². The predicted octanol–water partition coefficient (Wildman–Crippen LogP) is 2.51. The maximum Gasteiger partial charge on any atom is 0.0863 e. The number of aromatic nitrogens is 2. The van der Waals surface area contributed by atoms with Crippen molar-refractivity contribution in [1.82, 2.24) is 14.7 Å². The molecule has 1 aliphatic carbocycles. The zero-order valence-corrected chi connectivity index (χ0v) is 11.7. The summed E-state index contributed by atoms with van der Waals surface area (Å²) in [4.78, 5) is 2.35. The minimum atomic E-state index is 0.576. The summed E-state index contributed by atoms with van der Waals surface area (Å²) in [6.45, 7) is 3.69. The lowest BCUT2D eigenvalue weighted by atomic mass is 10.2. The molecule has 1 saturated carbocycles. The maximum atomic E-state index is 8.71. The molecule has 1 aromatic rings. The summed E-state index contributed by atoms with van der Waals surface area (Å²) in [6.07, 6.45) is 3.91. The van der Waals surface area contributed by atoms with Gasteiger partial charge in [0.05, 0.1) is 22.5 Å². The van der Waals surface area contributed by atoms with E-state index in [1.165, 1.54) is 12.8 Å². The lowest BCUT2D eigenvalue weighted by Crippen LogP contribution is -2.27. The highest BCUT2D eigenvalue weighted by Gasteiger charge is 2.30. The van der Waals surface area contributed by atoms with Crippen LogP contribution < -0.4 is 0 Å². The van der Waals surface area contributed by atoms with E-state index >= 15 is 0 Å². The molecule has 0 aliphatic heterocycles. The number of halogens is 1. The molecule has 0 radical (unpaired) electrons. The first-order valence-corrected chi connectivity index (χ1v) is 6.86. The normalized spacial score (nSPS) is 15.1. The molecule has 0 aromatic carbocycles. The van der Waals surface area contributed by atoms with E-state index in [-0.39, 0.29) is 0 Å². The maximum absolute atomic E-state index is 8.71. The second-order valence-electron chi connectivity index (χ2n) is 4.79. The summed E-state index contributed by atoms with van der Waals surface area (Å²) >= 11 is 6.36. The van der Waals surface area contributed by atoms with Crippen molar-refractivity contribution in [2.75, 3.05) is 6.54 Å². The van der Waals surface area contributed by atoms with Crippen LogP contribution in [0, 0.1) is 11.3 Å². The molecule has 1 aromatic heterocycles. The zero-order chi connectivity index (χ0) is 13.1. The lowest BCUT2D eigenvalue weighted by molar-refractivity contribution is 0.254. The lowest BCUT2D eigenvalue weighted by Gasteiger charge is -2.20. The van der Waals surface area contributed by atoms with Crippen LogP contribution in [0.2, 0.25) is 5.02 Å². The highest BCUT2D eigenvalue weighted by molar-refractivity contribution is 6.31. The number of aryl methyl sites for hydroxylation is 2. The molecule has 0 atom stereocenters. The summed E-state index contributed by atoms with van der Waals surface area (Å²) in [7, 11) is 1.94. The third kappa shape index (κ3) is 2.85. The van der Waals surface area contributed by atoms with Crippen LogP contribution in [0.3, 0.4) is 0 Å². The molecule has 0 unspecified atom stereocenters. The molecule has 0 bridgehead atoms. The van der Waals surface area contributed by atoms with E-state index in [9.17, 15) is 0 Å².